The van der Waals surface area contributed by atoms with E-state index in [4.69, 9.17) is 9.84 Å². The van der Waals surface area contributed by atoms with Crippen LogP contribution in [0, 0.1) is 11.6 Å². The Morgan fingerprint density at radius 3 is 2.57 bits per heavy atom. The molecule has 110 valence electrons. The Labute approximate surface area is 120 Å². The predicted molar refractivity (Wildman–Crippen MR) is 73.6 cm³/mol. The molecule has 4 nitrogen and oxygen atoms in total. The third-order valence-electron chi connectivity index (χ3n) is 2.93. The van der Waals surface area contributed by atoms with Gasteiger partial charge in [0.15, 0.2) is 11.6 Å². The lowest BCUT2D eigenvalue weighted by molar-refractivity contribution is 0.0696. The number of anilines is 1. The molecule has 0 aliphatic rings. The van der Waals surface area contributed by atoms with Gasteiger partial charge in [-0.3, -0.25) is 0 Å². The number of carbonyl (C=O) groups is 1. The molecular weight excluding hydrogens is 280 g/mol. The molecule has 0 bridgehead atoms. The maximum absolute atomic E-state index is 13.6. The second kappa shape index (κ2) is 6.21. The van der Waals surface area contributed by atoms with E-state index in [0.717, 1.165) is 6.07 Å². The van der Waals surface area contributed by atoms with Crippen LogP contribution >= 0.6 is 0 Å². The summed E-state index contributed by atoms with van der Waals surface area (Å²) in [7, 11) is 1.35. The molecule has 2 N–H and O–H groups in total. The maximum atomic E-state index is 13.6. The predicted octanol–water partition coefficient (Wildman–Crippen LogP) is 3.28. The average Bonchev–Trinajstić information content (AvgIpc) is 2.47. The number of carboxylic acid groups (broad SMARTS) is 1. The van der Waals surface area contributed by atoms with Gasteiger partial charge in [0, 0.05) is 23.9 Å². The number of aromatic carboxylic acids is 1. The van der Waals surface area contributed by atoms with Crippen molar-refractivity contribution in [1.82, 2.24) is 0 Å². The van der Waals surface area contributed by atoms with Gasteiger partial charge in [-0.05, 0) is 30.3 Å². The van der Waals surface area contributed by atoms with E-state index in [0.29, 0.717) is 5.69 Å². The first-order chi connectivity index (χ1) is 10.0. The zero-order chi connectivity index (χ0) is 15.4. The molecular formula is C15H13F2NO3. The summed E-state index contributed by atoms with van der Waals surface area (Å²) >= 11 is 0. The van der Waals surface area contributed by atoms with Crippen LogP contribution in [0.5, 0.6) is 5.75 Å². The van der Waals surface area contributed by atoms with Crippen LogP contribution in [0.25, 0.3) is 0 Å². The zero-order valence-corrected chi connectivity index (χ0v) is 11.2. The van der Waals surface area contributed by atoms with Crippen LogP contribution in [0.2, 0.25) is 0 Å². The fourth-order valence-corrected chi connectivity index (χ4v) is 1.81. The van der Waals surface area contributed by atoms with E-state index in [2.05, 4.69) is 5.32 Å². The minimum atomic E-state index is -1.13. The Bertz CT molecular complexity index is 674. The van der Waals surface area contributed by atoms with Crippen molar-refractivity contribution < 1.29 is 23.4 Å². The standard InChI is InChI=1S/C15H13F2NO3/c1-21-14-7-11(3-5-13(14)17)18-8-10-6-9(15(19)20)2-4-12(10)16/h2-7,18H,8H2,1H3,(H,19,20). The molecule has 0 radical (unpaired) electrons. The van der Waals surface area contributed by atoms with Gasteiger partial charge in [0.1, 0.15) is 5.82 Å². The Morgan fingerprint density at radius 1 is 1.19 bits per heavy atom. The van der Waals surface area contributed by atoms with Gasteiger partial charge in [-0.1, -0.05) is 0 Å². The molecule has 0 amide bonds. The number of ether oxygens (including phenoxy) is 1. The normalized spacial score (nSPS) is 10.2. The van der Waals surface area contributed by atoms with Gasteiger partial charge in [-0.2, -0.15) is 0 Å². The molecule has 2 rings (SSSR count). The van der Waals surface area contributed by atoms with Crippen molar-refractivity contribution in [3.63, 3.8) is 0 Å². The highest BCUT2D eigenvalue weighted by molar-refractivity contribution is 5.87. The topological polar surface area (TPSA) is 58.6 Å². The van der Waals surface area contributed by atoms with E-state index in [1.165, 1.54) is 37.4 Å². The van der Waals surface area contributed by atoms with Gasteiger partial charge in [0.2, 0.25) is 0 Å². The second-order valence-electron chi connectivity index (χ2n) is 4.31. The number of methoxy groups -OCH3 is 1. The van der Waals surface area contributed by atoms with Crippen LogP contribution in [0.4, 0.5) is 14.5 Å². The van der Waals surface area contributed by atoms with E-state index in [9.17, 15) is 13.6 Å². The van der Waals surface area contributed by atoms with Crippen molar-refractivity contribution in [2.75, 3.05) is 12.4 Å². The van der Waals surface area contributed by atoms with E-state index in [1.807, 2.05) is 0 Å². The van der Waals surface area contributed by atoms with Crippen LogP contribution in [0.15, 0.2) is 36.4 Å². The van der Waals surface area contributed by atoms with E-state index in [1.54, 1.807) is 0 Å². The smallest absolute Gasteiger partial charge is 0.335 e. The number of nitrogens with one attached hydrogen (secondary N) is 1. The molecule has 0 saturated carbocycles. The molecule has 0 spiro atoms. The summed E-state index contributed by atoms with van der Waals surface area (Å²) in [6.07, 6.45) is 0. The molecule has 0 fully saturated rings. The van der Waals surface area contributed by atoms with Gasteiger partial charge >= 0.3 is 5.97 Å². The maximum Gasteiger partial charge on any atom is 0.335 e. The van der Waals surface area contributed by atoms with Crippen LogP contribution in [-0.2, 0) is 6.54 Å². The minimum absolute atomic E-state index is 0.00452. The van der Waals surface area contributed by atoms with E-state index in [-0.39, 0.29) is 23.4 Å². The fraction of sp³-hybridized carbons (Fsp3) is 0.133. The molecule has 0 saturated heterocycles. The van der Waals surface area contributed by atoms with Crippen molar-refractivity contribution in [3.05, 3.63) is 59.2 Å². The molecule has 2 aromatic carbocycles. The number of carboxylic acids is 1. The van der Waals surface area contributed by atoms with Crippen molar-refractivity contribution in [2.24, 2.45) is 0 Å². The molecule has 21 heavy (non-hydrogen) atoms. The van der Waals surface area contributed by atoms with Crippen LogP contribution < -0.4 is 10.1 Å². The highest BCUT2D eigenvalue weighted by Gasteiger charge is 2.09. The lowest BCUT2D eigenvalue weighted by Crippen LogP contribution is -2.05. The molecule has 2 aromatic rings. The molecule has 0 unspecified atom stereocenters. The molecule has 0 aromatic heterocycles. The van der Waals surface area contributed by atoms with Crippen LogP contribution in [0.1, 0.15) is 15.9 Å². The van der Waals surface area contributed by atoms with Gasteiger partial charge in [-0.15, -0.1) is 0 Å². The van der Waals surface area contributed by atoms with Gasteiger partial charge < -0.3 is 15.2 Å². The first-order valence-corrected chi connectivity index (χ1v) is 6.10. The van der Waals surface area contributed by atoms with Crippen LogP contribution in [0.3, 0.4) is 0 Å². The summed E-state index contributed by atoms with van der Waals surface area (Å²) in [5.74, 6) is -2.07. The largest absolute Gasteiger partial charge is 0.494 e. The first kappa shape index (κ1) is 14.8. The summed E-state index contributed by atoms with van der Waals surface area (Å²) < 4.78 is 31.7. The average molecular weight is 293 g/mol. The monoisotopic (exact) mass is 293 g/mol. The summed E-state index contributed by atoms with van der Waals surface area (Å²) in [4.78, 5) is 10.9. The molecule has 0 heterocycles. The number of hydrogen-bond donors (Lipinski definition) is 2. The van der Waals surface area contributed by atoms with Gasteiger partial charge in [0.25, 0.3) is 0 Å². The Hall–Kier alpha value is -2.63. The quantitative estimate of drug-likeness (QED) is 0.888. The van der Waals surface area contributed by atoms with Crippen molar-refractivity contribution >= 4 is 11.7 Å². The molecule has 6 heteroatoms. The Balaban J connectivity index is 2.16. The first-order valence-electron chi connectivity index (χ1n) is 6.10. The summed E-state index contributed by atoms with van der Waals surface area (Å²) in [5, 5.41) is 11.8. The molecule has 0 aliphatic heterocycles. The minimum Gasteiger partial charge on any atom is -0.494 e. The Morgan fingerprint density at radius 2 is 1.90 bits per heavy atom. The van der Waals surface area contributed by atoms with Gasteiger partial charge in [-0.25, -0.2) is 13.6 Å². The third kappa shape index (κ3) is 3.47. The summed E-state index contributed by atoms with van der Waals surface area (Å²) in [6.45, 7) is 0.0712. The van der Waals surface area contributed by atoms with Crippen LogP contribution in [-0.4, -0.2) is 18.2 Å². The highest BCUT2D eigenvalue weighted by Crippen LogP contribution is 2.22. The lowest BCUT2D eigenvalue weighted by atomic mass is 10.1. The summed E-state index contributed by atoms with van der Waals surface area (Å²) in [6, 6.07) is 7.70. The summed E-state index contributed by atoms with van der Waals surface area (Å²) in [5.41, 5.74) is 0.747. The van der Waals surface area contributed by atoms with Crippen molar-refractivity contribution in [2.45, 2.75) is 6.54 Å². The number of benzene rings is 2. The second-order valence-corrected chi connectivity index (χ2v) is 4.31. The molecule has 0 atom stereocenters. The van der Waals surface area contributed by atoms with E-state index >= 15 is 0 Å². The lowest BCUT2D eigenvalue weighted by Gasteiger charge is -2.10. The number of hydrogen-bond acceptors (Lipinski definition) is 3. The zero-order valence-electron chi connectivity index (χ0n) is 11.2. The fourth-order valence-electron chi connectivity index (χ4n) is 1.81. The third-order valence-corrected chi connectivity index (χ3v) is 2.93. The van der Waals surface area contributed by atoms with Gasteiger partial charge in [0.05, 0.1) is 12.7 Å². The number of rotatable bonds is 5. The SMILES string of the molecule is COc1cc(NCc2cc(C(=O)O)ccc2F)ccc1F. The Kier molecular flexibility index (Phi) is 4.37. The highest BCUT2D eigenvalue weighted by atomic mass is 19.1. The molecule has 0 aliphatic carbocycles. The van der Waals surface area contributed by atoms with Crippen molar-refractivity contribution in [3.8, 4) is 5.75 Å². The number of halogens is 2. The van der Waals surface area contributed by atoms with E-state index < -0.39 is 17.6 Å². The van der Waals surface area contributed by atoms with Crippen molar-refractivity contribution in [1.29, 1.82) is 0 Å².